The molecule has 5 nitrogen and oxygen atoms in total. The molecule has 1 aliphatic carbocycles. The molecule has 0 bridgehead atoms. The van der Waals surface area contributed by atoms with Gasteiger partial charge in [-0.3, -0.25) is 14.4 Å². The molecule has 1 saturated carbocycles. The van der Waals surface area contributed by atoms with Gasteiger partial charge in [-0.25, -0.2) is 0 Å². The van der Waals surface area contributed by atoms with Crippen LogP contribution in [0.1, 0.15) is 64.7 Å². The summed E-state index contributed by atoms with van der Waals surface area (Å²) >= 11 is 0. The fraction of sp³-hybridized carbons (Fsp3) is 0.650. The topological polar surface area (TPSA) is 91.7 Å². The van der Waals surface area contributed by atoms with Crippen molar-refractivity contribution in [1.82, 2.24) is 0 Å². The molecule has 2 N–H and O–H groups in total. The maximum absolute atomic E-state index is 12.1. The standard InChI is InChI=1S/C20H30O5/c1-2-3-6-9-15(21)12-13-17-16(18(22)14-19(17)23)10-7-4-5-8-11-20(24)25/h4,7,12-13,16-17,19,23H,2-3,5-6,8-11,14H2,1H3,(H,24,25)/b7-4-,13-12-/t16-,17+,19+/m0/s1. The van der Waals surface area contributed by atoms with Crippen LogP contribution in [0.5, 0.6) is 0 Å². The zero-order valence-corrected chi connectivity index (χ0v) is 15.0. The van der Waals surface area contributed by atoms with Crippen molar-refractivity contribution in [3.05, 3.63) is 24.3 Å². The van der Waals surface area contributed by atoms with E-state index in [-0.39, 0.29) is 36.2 Å². The summed E-state index contributed by atoms with van der Waals surface area (Å²) in [4.78, 5) is 34.4. The van der Waals surface area contributed by atoms with Gasteiger partial charge in [0.2, 0.25) is 0 Å². The summed E-state index contributed by atoms with van der Waals surface area (Å²) in [6.45, 7) is 2.08. The number of allylic oxidation sites excluding steroid dienone is 3. The Morgan fingerprint density at radius 1 is 1.16 bits per heavy atom. The first-order chi connectivity index (χ1) is 12.0. The van der Waals surface area contributed by atoms with Gasteiger partial charge in [-0.2, -0.15) is 0 Å². The molecule has 0 spiro atoms. The quantitative estimate of drug-likeness (QED) is 0.319. The zero-order valence-electron chi connectivity index (χ0n) is 15.0. The molecule has 0 aromatic heterocycles. The van der Waals surface area contributed by atoms with Crippen LogP contribution >= 0.6 is 0 Å². The highest BCUT2D eigenvalue weighted by Gasteiger charge is 2.39. The van der Waals surface area contributed by atoms with Crippen LogP contribution in [0.25, 0.3) is 0 Å². The molecule has 0 aliphatic heterocycles. The van der Waals surface area contributed by atoms with E-state index in [1.54, 1.807) is 6.08 Å². The smallest absolute Gasteiger partial charge is 0.303 e. The fourth-order valence-electron chi connectivity index (χ4n) is 3.11. The van der Waals surface area contributed by atoms with Crippen LogP contribution in [0.15, 0.2) is 24.3 Å². The number of unbranched alkanes of at least 4 members (excludes halogenated alkanes) is 3. The molecular weight excluding hydrogens is 320 g/mol. The van der Waals surface area contributed by atoms with E-state index in [0.29, 0.717) is 25.7 Å². The van der Waals surface area contributed by atoms with Gasteiger partial charge in [0.1, 0.15) is 5.78 Å². The van der Waals surface area contributed by atoms with Crippen molar-refractivity contribution in [3.8, 4) is 0 Å². The van der Waals surface area contributed by atoms with Crippen LogP contribution in [0.4, 0.5) is 0 Å². The van der Waals surface area contributed by atoms with Crippen LogP contribution in [0.3, 0.4) is 0 Å². The first-order valence-corrected chi connectivity index (χ1v) is 9.24. The van der Waals surface area contributed by atoms with Crippen molar-refractivity contribution >= 4 is 17.5 Å². The third-order valence-electron chi connectivity index (χ3n) is 4.58. The second-order valence-corrected chi connectivity index (χ2v) is 6.70. The summed E-state index contributed by atoms with van der Waals surface area (Å²) in [5.74, 6) is -1.35. The Hall–Kier alpha value is -1.75. The molecule has 0 heterocycles. The molecule has 0 aromatic carbocycles. The molecule has 5 heteroatoms. The molecule has 1 rings (SSSR count). The SMILES string of the molecule is CCCCCC(=O)/C=C\[C@H]1[C@H](O)CC(=O)[C@H]1C/C=C\CCCC(=O)O. The van der Waals surface area contributed by atoms with E-state index >= 15 is 0 Å². The lowest BCUT2D eigenvalue weighted by atomic mass is 9.90. The molecule has 0 saturated heterocycles. The van der Waals surface area contributed by atoms with E-state index < -0.39 is 12.1 Å². The Morgan fingerprint density at radius 2 is 1.92 bits per heavy atom. The minimum absolute atomic E-state index is 0.0239. The van der Waals surface area contributed by atoms with Crippen molar-refractivity contribution in [2.75, 3.05) is 0 Å². The van der Waals surface area contributed by atoms with Crippen molar-refractivity contribution in [2.45, 2.75) is 70.8 Å². The monoisotopic (exact) mass is 350 g/mol. The Morgan fingerprint density at radius 3 is 2.60 bits per heavy atom. The maximum atomic E-state index is 12.1. The van der Waals surface area contributed by atoms with Gasteiger partial charge in [-0.1, -0.05) is 38.0 Å². The van der Waals surface area contributed by atoms with E-state index in [9.17, 15) is 19.5 Å². The number of carboxylic acid groups (broad SMARTS) is 1. The number of rotatable bonds is 12. The molecule has 1 fully saturated rings. The number of carboxylic acids is 1. The van der Waals surface area contributed by atoms with Crippen molar-refractivity contribution in [1.29, 1.82) is 0 Å². The van der Waals surface area contributed by atoms with Gasteiger partial charge >= 0.3 is 5.97 Å². The average molecular weight is 350 g/mol. The second-order valence-electron chi connectivity index (χ2n) is 6.70. The summed E-state index contributed by atoms with van der Waals surface area (Å²) in [6.07, 6.45) is 11.8. The first kappa shape index (κ1) is 21.3. The van der Waals surface area contributed by atoms with Crippen LogP contribution in [0, 0.1) is 11.8 Å². The average Bonchev–Trinajstić information content (AvgIpc) is 2.82. The minimum Gasteiger partial charge on any atom is -0.481 e. The van der Waals surface area contributed by atoms with E-state index in [1.807, 2.05) is 12.2 Å². The van der Waals surface area contributed by atoms with E-state index in [0.717, 1.165) is 19.3 Å². The van der Waals surface area contributed by atoms with Crippen LogP contribution < -0.4 is 0 Å². The highest BCUT2D eigenvalue weighted by molar-refractivity contribution is 5.90. The lowest BCUT2D eigenvalue weighted by molar-refractivity contribution is -0.137. The summed E-state index contributed by atoms with van der Waals surface area (Å²) in [5.41, 5.74) is 0. The summed E-state index contributed by atoms with van der Waals surface area (Å²) < 4.78 is 0. The largest absolute Gasteiger partial charge is 0.481 e. The number of carbonyl (C=O) groups excluding carboxylic acids is 2. The first-order valence-electron chi connectivity index (χ1n) is 9.24. The minimum atomic E-state index is -0.809. The number of aliphatic carboxylic acids is 1. The predicted octanol–water partition coefficient (Wildman–Crippen LogP) is 3.46. The Kier molecular flexibility index (Phi) is 10.0. The van der Waals surface area contributed by atoms with Gasteiger partial charge in [0.15, 0.2) is 5.78 Å². The van der Waals surface area contributed by atoms with E-state index in [1.165, 1.54) is 6.08 Å². The number of hydrogen-bond acceptors (Lipinski definition) is 4. The van der Waals surface area contributed by atoms with Gasteiger partial charge in [-0.15, -0.1) is 0 Å². The van der Waals surface area contributed by atoms with Gasteiger partial charge in [0, 0.05) is 31.1 Å². The summed E-state index contributed by atoms with van der Waals surface area (Å²) in [6, 6.07) is 0. The third kappa shape index (κ3) is 8.25. The molecule has 0 amide bonds. The lowest BCUT2D eigenvalue weighted by Crippen LogP contribution is -2.18. The predicted molar refractivity (Wildman–Crippen MR) is 96.1 cm³/mol. The summed E-state index contributed by atoms with van der Waals surface area (Å²) in [7, 11) is 0. The van der Waals surface area contributed by atoms with Crippen molar-refractivity contribution < 1.29 is 24.6 Å². The van der Waals surface area contributed by atoms with Crippen LogP contribution in [-0.2, 0) is 14.4 Å². The number of aliphatic hydroxyl groups excluding tert-OH is 1. The normalized spacial score (nSPS) is 23.8. The Balaban J connectivity index is 2.49. The maximum Gasteiger partial charge on any atom is 0.303 e. The van der Waals surface area contributed by atoms with Crippen LogP contribution in [0.2, 0.25) is 0 Å². The summed E-state index contributed by atoms with van der Waals surface area (Å²) in [5, 5.41) is 18.7. The fourth-order valence-corrected chi connectivity index (χ4v) is 3.11. The zero-order chi connectivity index (χ0) is 18.7. The molecule has 1 aliphatic rings. The number of carbonyl (C=O) groups is 3. The Bertz CT molecular complexity index is 506. The third-order valence-corrected chi connectivity index (χ3v) is 4.58. The van der Waals surface area contributed by atoms with Gasteiger partial charge in [0.05, 0.1) is 6.10 Å². The van der Waals surface area contributed by atoms with Gasteiger partial charge in [-0.05, 0) is 31.8 Å². The van der Waals surface area contributed by atoms with E-state index in [2.05, 4.69) is 6.92 Å². The van der Waals surface area contributed by atoms with E-state index in [4.69, 9.17) is 5.11 Å². The molecule has 0 unspecified atom stereocenters. The molecule has 0 aromatic rings. The number of hydrogen-bond donors (Lipinski definition) is 2. The van der Waals surface area contributed by atoms with Crippen molar-refractivity contribution in [2.24, 2.45) is 11.8 Å². The van der Waals surface area contributed by atoms with Gasteiger partial charge in [0.25, 0.3) is 0 Å². The molecule has 3 atom stereocenters. The molecular formula is C20H30O5. The number of Topliss-reactive ketones (excluding diaryl/α,β-unsaturated/α-hetero) is 1. The highest BCUT2D eigenvalue weighted by atomic mass is 16.4. The molecule has 25 heavy (non-hydrogen) atoms. The number of ketones is 2. The van der Waals surface area contributed by atoms with Gasteiger partial charge < -0.3 is 10.2 Å². The van der Waals surface area contributed by atoms with Crippen molar-refractivity contribution in [3.63, 3.8) is 0 Å². The number of aliphatic hydroxyl groups is 1. The molecule has 140 valence electrons. The second kappa shape index (κ2) is 11.7. The lowest BCUT2D eigenvalue weighted by Gasteiger charge is -2.15. The molecule has 0 radical (unpaired) electrons. The highest BCUT2D eigenvalue weighted by Crippen LogP contribution is 2.33. The Labute approximate surface area is 149 Å². The van der Waals surface area contributed by atoms with Crippen LogP contribution in [-0.4, -0.2) is 33.9 Å².